The smallest absolute Gasteiger partial charge is 0.00132 e. The van der Waals surface area contributed by atoms with E-state index in [4.69, 9.17) is 0 Å². The molecule has 9 aromatic carbocycles. The fourth-order valence-corrected chi connectivity index (χ4v) is 8.37. The lowest BCUT2D eigenvalue weighted by Crippen LogP contribution is -1.93. The SMILES string of the molecule is c1ccc(-c2cccc(-c3c4ccccc4c(-c4cccc(-c5ccccc5)c4)c4cc(-c5cccc6c5-c5ccccc5C6)ccc34)c2)cc1. The van der Waals surface area contributed by atoms with E-state index >= 15 is 0 Å². The third-order valence-corrected chi connectivity index (χ3v) is 10.7. The summed E-state index contributed by atoms with van der Waals surface area (Å²) in [6.45, 7) is 0. The van der Waals surface area contributed by atoms with Crippen LogP contribution in [-0.4, -0.2) is 0 Å². The highest BCUT2D eigenvalue weighted by molar-refractivity contribution is 6.22. The minimum absolute atomic E-state index is 0.983. The Balaban J connectivity index is 1.28. The molecule has 0 aromatic heterocycles. The van der Waals surface area contributed by atoms with Crippen molar-refractivity contribution in [3.05, 3.63) is 205 Å². The minimum atomic E-state index is 0.983. The predicted octanol–water partition coefficient (Wildman–Crippen LogP) is 13.9. The van der Waals surface area contributed by atoms with E-state index in [-0.39, 0.29) is 0 Å². The van der Waals surface area contributed by atoms with Gasteiger partial charge >= 0.3 is 0 Å². The summed E-state index contributed by atoms with van der Waals surface area (Å²) in [6, 6.07) is 71.5. The van der Waals surface area contributed by atoms with Crippen molar-refractivity contribution in [2.24, 2.45) is 0 Å². The standard InChI is InChI=1S/C51H34/c1-3-14-34(15-4-1)36-19-11-21-40(30-36)50-45-25-9-10-26-46(45)51(41-22-12-20-37(31-41)35-16-5-2-6-17-35)48-33-39(28-29-47(48)50)44-27-13-23-42-32-38-18-7-8-24-43(38)49(42)44/h1-31,33H,32H2. The molecule has 0 unspecified atom stereocenters. The first kappa shape index (κ1) is 29.4. The molecule has 0 bridgehead atoms. The van der Waals surface area contributed by atoms with Gasteiger partial charge in [-0.3, -0.25) is 0 Å². The van der Waals surface area contributed by atoms with Crippen molar-refractivity contribution in [3.8, 4) is 66.8 Å². The van der Waals surface area contributed by atoms with Gasteiger partial charge in [0.15, 0.2) is 0 Å². The second-order valence-electron chi connectivity index (χ2n) is 13.6. The maximum atomic E-state index is 2.47. The first-order valence-corrected chi connectivity index (χ1v) is 17.8. The largest absolute Gasteiger partial charge is 0.0622 e. The summed E-state index contributed by atoms with van der Waals surface area (Å²) < 4.78 is 0. The van der Waals surface area contributed by atoms with Gasteiger partial charge in [0, 0.05) is 0 Å². The van der Waals surface area contributed by atoms with Crippen LogP contribution in [0.5, 0.6) is 0 Å². The van der Waals surface area contributed by atoms with Crippen LogP contribution in [0, 0.1) is 0 Å². The van der Waals surface area contributed by atoms with Crippen molar-refractivity contribution in [3.63, 3.8) is 0 Å². The quantitative estimate of drug-likeness (QED) is 0.163. The molecule has 0 fully saturated rings. The van der Waals surface area contributed by atoms with Crippen molar-refractivity contribution >= 4 is 21.5 Å². The van der Waals surface area contributed by atoms with E-state index in [0.29, 0.717) is 0 Å². The fraction of sp³-hybridized carbons (Fsp3) is 0.0196. The van der Waals surface area contributed by atoms with Crippen LogP contribution in [0.4, 0.5) is 0 Å². The molecule has 51 heavy (non-hydrogen) atoms. The van der Waals surface area contributed by atoms with Gasteiger partial charge in [0.25, 0.3) is 0 Å². The van der Waals surface area contributed by atoms with Crippen LogP contribution in [-0.2, 0) is 6.42 Å². The third kappa shape index (κ3) is 4.99. The highest BCUT2D eigenvalue weighted by atomic mass is 14.3. The number of hydrogen-bond acceptors (Lipinski definition) is 0. The molecule has 0 amide bonds. The van der Waals surface area contributed by atoms with Gasteiger partial charge in [0.05, 0.1) is 0 Å². The van der Waals surface area contributed by atoms with Gasteiger partial charge in [-0.05, 0) is 124 Å². The molecule has 0 atom stereocenters. The molecule has 0 nitrogen and oxygen atoms in total. The second-order valence-corrected chi connectivity index (χ2v) is 13.6. The van der Waals surface area contributed by atoms with E-state index in [1.54, 1.807) is 0 Å². The molecule has 10 rings (SSSR count). The minimum Gasteiger partial charge on any atom is -0.0622 e. The molecule has 0 saturated heterocycles. The molecule has 1 aliphatic rings. The van der Waals surface area contributed by atoms with Gasteiger partial charge < -0.3 is 0 Å². The Morgan fingerprint density at radius 2 is 0.706 bits per heavy atom. The normalized spacial score (nSPS) is 11.8. The first-order valence-electron chi connectivity index (χ1n) is 17.8. The van der Waals surface area contributed by atoms with Crippen molar-refractivity contribution in [2.45, 2.75) is 6.42 Å². The molecule has 0 heteroatoms. The summed E-state index contributed by atoms with van der Waals surface area (Å²) in [7, 11) is 0. The van der Waals surface area contributed by atoms with E-state index in [1.807, 2.05) is 0 Å². The van der Waals surface area contributed by atoms with Gasteiger partial charge in [-0.15, -0.1) is 0 Å². The maximum Gasteiger partial charge on any atom is -0.00132 e. The Bertz CT molecular complexity index is 2750. The molecule has 0 N–H and O–H groups in total. The van der Waals surface area contributed by atoms with Crippen molar-refractivity contribution < 1.29 is 0 Å². The molecule has 238 valence electrons. The Morgan fingerprint density at radius 3 is 1.37 bits per heavy atom. The van der Waals surface area contributed by atoms with Gasteiger partial charge in [0.1, 0.15) is 0 Å². The van der Waals surface area contributed by atoms with Gasteiger partial charge in [0.2, 0.25) is 0 Å². The van der Waals surface area contributed by atoms with Crippen LogP contribution < -0.4 is 0 Å². The Hall–Kier alpha value is -6.50. The number of benzene rings is 9. The average molecular weight is 647 g/mol. The Morgan fingerprint density at radius 1 is 0.235 bits per heavy atom. The van der Waals surface area contributed by atoms with Crippen molar-refractivity contribution in [2.75, 3.05) is 0 Å². The zero-order valence-corrected chi connectivity index (χ0v) is 28.2. The van der Waals surface area contributed by atoms with E-state index in [2.05, 4.69) is 194 Å². The lowest BCUT2D eigenvalue weighted by atomic mass is 9.83. The summed E-state index contributed by atoms with van der Waals surface area (Å²) in [5.74, 6) is 0. The zero-order valence-electron chi connectivity index (χ0n) is 28.2. The van der Waals surface area contributed by atoms with E-state index in [0.717, 1.165) is 6.42 Å². The molecule has 0 saturated carbocycles. The molecule has 0 aliphatic heterocycles. The number of fused-ring (bicyclic) bond motifs is 5. The van der Waals surface area contributed by atoms with E-state index in [9.17, 15) is 0 Å². The fourth-order valence-electron chi connectivity index (χ4n) is 8.37. The molecular weight excluding hydrogens is 613 g/mol. The van der Waals surface area contributed by atoms with Crippen LogP contribution >= 0.6 is 0 Å². The second kappa shape index (κ2) is 12.1. The van der Waals surface area contributed by atoms with Crippen LogP contribution in [0.3, 0.4) is 0 Å². The van der Waals surface area contributed by atoms with Gasteiger partial charge in [-0.25, -0.2) is 0 Å². The third-order valence-electron chi connectivity index (χ3n) is 10.7. The zero-order chi connectivity index (χ0) is 33.7. The molecular formula is C51H34. The van der Waals surface area contributed by atoms with E-state index < -0.39 is 0 Å². The summed E-state index contributed by atoms with van der Waals surface area (Å²) in [4.78, 5) is 0. The van der Waals surface area contributed by atoms with Crippen LogP contribution in [0.2, 0.25) is 0 Å². The van der Waals surface area contributed by atoms with Crippen LogP contribution in [0.1, 0.15) is 11.1 Å². The van der Waals surface area contributed by atoms with Crippen molar-refractivity contribution in [1.29, 1.82) is 0 Å². The number of rotatable bonds is 5. The predicted molar refractivity (Wildman–Crippen MR) is 217 cm³/mol. The summed E-state index contributed by atoms with van der Waals surface area (Å²) >= 11 is 0. The van der Waals surface area contributed by atoms with Crippen LogP contribution in [0.25, 0.3) is 88.3 Å². The van der Waals surface area contributed by atoms with Gasteiger partial charge in [-0.1, -0.05) is 176 Å². The Labute approximate surface area is 298 Å². The topological polar surface area (TPSA) is 0 Å². The summed E-state index contributed by atoms with van der Waals surface area (Å²) in [6.07, 6.45) is 0.983. The molecule has 0 radical (unpaired) electrons. The highest BCUT2D eigenvalue weighted by Gasteiger charge is 2.23. The molecule has 0 spiro atoms. The lowest BCUT2D eigenvalue weighted by Gasteiger charge is -2.20. The molecule has 1 aliphatic carbocycles. The summed E-state index contributed by atoms with van der Waals surface area (Å²) in [5.41, 5.74) is 18.0. The monoisotopic (exact) mass is 646 g/mol. The van der Waals surface area contributed by atoms with Crippen LogP contribution in [0.15, 0.2) is 194 Å². The molecule has 0 heterocycles. The van der Waals surface area contributed by atoms with E-state index in [1.165, 1.54) is 99.4 Å². The van der Waals surface area contributed by atoms with Crippen molar-refractivity contribution in [1.82, 2.24) is 0 Å². The van der Waals surface area contributed by atoms with Gasteiger partial charge in [-0.2, -0.15) is 0 Å². The first-order chi connectivity index (χ1) is 25.3. The Kier molecular flexibility index (Phi) is 6.99. The maximum absolute atomic E-state index is 2.47. The average Bonchev–Trinajstić information content (AvgIpc) is 3.59. The molecule has 9 aromatic rings. The lowest BCUT2D eigenvalue weighted by molar-refractivity contribution is 1.26. The summed E-state index contributed by atoms with van der Waals surface area (Å²) in [5, 5.41) is 5.05. The highest BCUT2D eigenvalue weighted by Crippen LogP contribution is 2.48. The number of hydrogen-bond donors (Lipinski definition) is 0.